The Balaban J connectivity index is 1.77. The van der Waals surface area contributed by atoms with Crippen LogP contribution >= 0.6 is 0 Å². The van der Waals surface area contributed by atoms with Crippen molar-refractivity contribution < 1.29 is 13.9 Å². The van der Waals surface area contributed by atoms with E-state index in [0.29, 0.717) is 24.6 Å². The van der Waals surface area contributed by atoms with Gasteiger partial charge >= 0.3 is 0 Å². The van der Waals surface area contributed by atoms with Gasteiger partial charge < -0.3 is 14.8 Å². The van der Waals surface area contributed by atoms with Crippen molar-refractivity contribution in [2.24, 2.45) is 0 Å². The lowest BCUT2D eigenvalue weighted by molar-refractivity contribution is 0.210. The Morgan fingerprint density at radius 1 is 1.25 bits per heavy atom. The molecule has 0 aromatic heterocycles. The number of benzene rings is 2. The van der Waals surface area contributed by atoms with Crippen LogP contribution in [0.4, 0.5) is 10.1 Å². The summed E-state index contributed by atoms with van der Waals surface area (Å²) in [6.07, 6.45) is -0.0800. The first-order chi connectivity index (χ1) is 9.76. The zero-order chi connectivity index (χ0) is 13.9. The highest BCUT2D eigenvalue weighted by atomic mass is 19.1. The van der Waals surface area contributed by atoms with Gasteiger partial charge in [0.2, 0.25) is 0 Å². The Morgan fingerprint density at radius 2 is 2.05 bits per heavy atom. The monoisotopic (exact) mass is 273 g/mol. The number of ether oxygens (including phenoxy) is 2. The molecule has 1 unspecified atom stereocenters. The average molecular weight is 273 g/mol. The van der Waals surface area contributed by atoms with E-state index in [4.69, 9.17) is 9.47 Å². The van der Waals surface area contributed by atoms with Crippen molar-refractivity contribution in [3.63, 3.8) is 0 Å². The summed E-state index contributed by atoms with van der Waals surface area (Å²) in [5, 5.41) is 3.20. The Kier molecular flexibility index (Phi) is 3.46. The Labute approximate surface area is 117 Å². The molecule has 0 amide bonds. The predicted molar refractivity (Wildman–Crippen MR) is 75.9 cm³/mol. The Morgan fingerprint density at radius 3 is 2.80 bits per heavy atom. The van der Waals surface area contributed by atoms with Gasteiger partial charge in [-0.25, -0.2) is 4.39 Å². The number of halogens is 1. The molecule has 104 valence electrons. The first kappa shape index (κ1) is 12.8. The second kappa shape index (κ2) is 5.41. The third kappa shape index (κ3) is 2.54. The van der Waals surface area contributed by atoms with Gasteiger partial charge in [-0.1, -0.05) is 12.1 Å². The number of fused-ring (bicyclic) bond motifs is 1. The van der Waals surface area contributed by atoms with Crippen LogP contribution in [-0.4, -0.2) is 13.2 Å². The van der Waals surface area contributed by atoms with Crippen molar-refractivity contribution in [2.45, 2.75) is 13.0 Å². The number of hydrogen-bond acceptors (Lipinski definition) is 3. The van der Waals surface area contributed by atoms with Gasteiger partial charge in [-0.15, -0.1) is 0 Å². The fourth-order valence-electron chi connectivity index (χ4n) is 2.27. The molecule has 1 aliphatic rings. The molecule has 1 aliphatic heterocycles. The van der Waals surface area contributed by atoms with Gasteiger partial charge in [0.15, 0.2) is 0 Å². The molecule has 0 radical (unpaired) electrons. The lowest BCUT2D eigenvalue weighted by Crippen LogP contribution is -2.23. The zero-order valence-electron chi connectivity index (χ0n) is 11.2. The summed E-state index contributed by atoms with van der Waals surface area (Å²) in [7, 11) is 0. The first-order valence-electron chi connectivity index (χ1n) is 6.69. The summed E-state index contributed by atoms with van der Waals surface area (Å²) in [4.78, 5) is 0. The molecular weight excluding hydrogens is 257 g/mol. The summed E-state index contributed by atoms with van der Waals surface area (Å²) in [6.45, 7) is 3.22. The largest absolute Gasteiger partial charge is 0.494 e. The molecule has 2 aromatic carbocycles. The van der Waals surface area contributed by atoms with Gasteiger partial charge in [0.25, 0.3) is 0 Å². The predicted octanol–water partition coefficient (Wildman–Crippen LogP) is 3.77. The average Bonchev–Trinajstić information content (AvgIpc) is 2.48. The van der Waals surface area contributed by atoms with Crippen molar-refractivity contribution in [1.82, 2.24) is 0 Å². The van der Waals surface area contributed by atoms with E-state index in [0.717, 1.165) is 11.3 Å². The van der Waals surface area contributed by atoms with E-state index in [-0.39, 0.29) is 11.9 Å². The van der Waals surface area contributed by atoms with Crippen LogP contribution in [-0.2, 0) is 0 Å². The van der Waals surface area contributed by atoms with Crippen LogP contribution in [0, 0.1) is 5.82 Å². The van der Waals surface area contributed by atoms with Crippen LogP contribution in [0.5, 0.6) is 11.5 Å². The van der Waals surface area contributed by atoms with E-state index in [1.165, 1.54) is 12.1 Å². The highest BCUT2D eigenvalue weighted by Crippen LogP contribution is 2.34. The van der Waals surface area contributed by atoms with E-state index in [2.05, 4.69) is 5.32 Å². The SMILES string of the molecule is CCOc1ccc(C2CNc3cc(F)ccc3O2)cc1. The molecule has 0 spiro atoms. The minimum atomic E-state index is -0.264. The highest BCUT2D eigenvalue weighted by Gasteiger charge is 2.21. The Hall–Kier alpha value is -2.23. The minimum Gasteiger partial charge on any atom is -0.494 e. The fraction of sp³-hybridized carbons (Fsp3) is 0.250. The molecule has 0 saturated heterocycles. The minimum absolute atomic E-state index is 0.0800. The maximum Gasteiger partial charge on any atom is 0.143 e. The van der Waals surface area contributed by atoms with Gasteiger partial charge in [0.05, 0.1) is 18.8 Å². The van der Waals surface area contributed by atoms with Crippen molar-refractivity contribution >= 4 is 5.69 Å². The molecule has 0 fully saturated rings. The molecule has 0 bridgehead atoms. The summed E-state index contributed by atoms with van der Waals surface area (Å²) in [6, 6.07) is 12.4. The molecule has 2 aromatic rings. The number of rotatable bonds is 3. The van der Waals surface area contributed by atoms with E-state index in [9.17, 15) is 4.39 Å². The van der Waals surface area contributed by atoms with Crippen molar-refractivity contribution in [3.8, 4) is 11.5 Å². The van der Waals surface area contributed by atoms with Crippen LogP contribution in [0.15, 0.2) is 42.5 Å². The van der Waals surface area contributed by atoms with Crippen LogP contribution in [0.25, 0.3) is 0 Å². The second-order valence-corrected chi connectivity index (χ2v) is 4.63. The maximum absolute atomic E-state index is 13.1. The zero-order valence-corrected chi connectivity index (χ0v) is 11.2. The Bertz CT molecular complexity index is 598. The number of nitrogens with one attached hydrogen (secondary N) is 1. The second-order valence-electron chi connectivity index (χ2n) is 4.63. The highest BCUT2D eigenvalue weighted by molar-refractivity contribution is 5.58. The maximum atomic E-state index is 13.1. The van der Waals surface area contributed by atoms with Crippen LogP contribution in [0.3, 0.4) is 0 Å². The van der Waals surface area contributed by atoms with E-state index < -0.39 is 0 Å². The van der Waals surface area contributed by atoms with E-state index in [1.807, 2.05) is 31.2 Å². The van der Waals surface area contributed by atoms with Crippen LogP contribution < -0.4 is 14.8 Å². The topological polar surface area (TPSA) is 30.5 Å². The standard InChI is InChI=1S/C16H16FNO2/c1-2-19-13-6-3-11(4-7-13)16-10-18-14-9-12(17)5-8-15(14)20-16/h3-9,16,18H,2,10H2,1H3. The normalized spacial score (nSPS) is 16.8. The summed E-state index contributed by atoms with van der Waals surface area (Å²) < 4.78 is 24.4. The van der Waals surface area contributed by atoms with Gasteiger partial charge in [0, 0.05) is 6.07 Å². The lowest BCUT2D eigenvalue weighted by atomic mass is 10.1. The van der Waals surface area contributed by atoms with Crippen LogP contribution in [0.2, 0.25) is 0 Å². The van der Waals surface area contributed by atoms with E-state index in [1.54, 1.807) is 6.07 Å². The molecule has 0 saturated carbocycles. The quantitative estimate of drug-likeness (QED) is 0.923. The first-order valence-corrected chi connectivity index (χ1v) is 6.69. The summed E-state index contributed by atoms with van der Waals surface area (Å²) in [5.41, 5.74) is 1.77. The molecule has 20 heavy (non-hydrogen) atoms. The summed E-state index contributed by atoms with van der Waals surface area (Å²) >= 11 is 0. The van der Waals surface area contributed by atoms with Crippen molar-refractivity contribution in [3.05, 3.63) is 53.8 Å². The third-order valence-corrected chi connectivity index (χ3v) is 3.25. The van der Waals surface area contributed by atoms with Gasteiger partial charge in [-0.2, -0.15) is 0 Å². The van der Waals surface area contributed by atoms with Gasteiger partial charge in [-0.3, -0.25) is 0 Å². The number of anilines is 1. The van der Waals surface area contributed by atoms with Gasteiger partial charge in [0.1, 0.15) is 23.4 Å². The summed E-state index contributed by atoms with van der Waals surface area (Å²) in [5.74, 6) is 1.26. The molecule has 1 heterocycles. The smallest absolute Gasteiger partial charge is 0.143 e. The molecule has 3 nitrogen and oxygen atoms in total. The molecule has 1 N–H and O–H groups in total. The third-order valence-electron chi connectivity index (χ3n) is 3.25. The lowest BCUT2D eigenvalue weighted by Gasteiger charge is -2.27. The van der Waals surface area contributed by atoms with Crippen molar-refractivity contribution in [2.75, 3.05) is 18.5 Å². The van der Waals surface area contributed by atoms with Crippen LogP contribution in [0.1, 0.15) is 18.6 Å². The van der Waals surface area contributed by atoms with Crippen molar-refractivity contribution in [1.29, 1.82) is 0 Å². The fourth-order valence-corrected chi connectivity index (χ4v) is 2.27. The molecule has 4 heteroatoms. The molecule has 0 aliphatic carbocycles. The molecular formula is C16H16FNO2. The number of hydrogen-bond donors (Lipinski definition) is 1. The molecule has 3 rings (SSSR count). The molecule has 1 atom stereocenters. The van der Waals surface area contributed by atoms with Gasteiger partial charge in [-0.05, 0) is 36.8 Å². The van der Waals surface area contributed by atoms with E-state index >= 15 is 0 Å².